The summed E-state index contributed by atoms with van der Waals surface area (Å²) in [6.07, 6.45) is 26.3. The van der Waals surface area contributed by atoms with Crippen LogP contribution in [0.3, 0.4) is 0 Å². The summed E-state index contributed by atoms with van der Waals surface area (Å²) in [4.78, 5) is 10.4. The number of rotatable bonds is 17. The molecule has 0 fully saturated rings. The third-order valence-electron chi connectivity index (χ3n) is 5.26. The van der Waals surface area contributed by atoms with Crippen LogP contribution in [0.4, 0.5) is 0 Å². The van der Waals surface area contributed by atoms with Crippen LogP contribution in [-0.2, 0) is 4.79 Å². The van der Waals surface area contributed by atoms with Crippen LogP contribution in [0.25, 0.3) is 0 Å². The molecule has 1 aliphatic carbocycles. The monoisotopic (exact) mass is 360 g/mol. The van der Waals surface area contributed by atoms with Gasteiger partial charge in [0.2, 0.25) is 0 Å². The highest BCUT2D eigenvalue weighted by atomic mass is 16.4. The molecule has 2 nitrogen and oxygen atoms in total. The molecule has 1 aliphatic rings. The normalized spacial score (nSPS) is 16.5. The number of carbonyl (C=O) groups is 1. The smallest absolute Gasteiger partial charge is 0.303 e. The number of carboxylic acid groups (broad SMARTS) is 1. The molecular weight excluding hydrogens is 320 g/mol. The van der Waals surface area contributed by atoms with Gasteiger partial charge in [0.1, 0.15) is 0 Å². The summed E-state index contributed by atoms with van der Waals surface area (Å²) in [6.45, 7) is 0. The van der Waals surface area contributed by atoms with Crippen LogP contribution in [0, 0.1) is 17.8 Å². The maximum Gasteiger partial charge on any atom is 0.303 e. The number of allylic oxidation sites excluding steroid dienone is 2. The van der Waals surface area contributed by atoms with Crippen LogP contribution in [0.5, 0.6) is 0 Å². The summed E-state index contributed by atoms with van der Waals surface area (Å²) < 4.78 is 0. The Bertz CT molecular complexity index is 427. The first-order chi connectivity index (χ1) is 12.8. The second-order valence-corrected chi connectivity index (χ2v) is 7.78. The van der Waals surface area contributed by atoms with Crippen LogP contribution in [0.15, 0.2) is 12.2 Å². The minimum absolute atomic E-state index is 0.328. The average molecular weight is 361 g/mol. The lowest BCUT2D eigenvalue weighted by molar-refractivity contribution is -0.137. The van der Waals surface area contributed by atoms with Crippen LogP contribution in [-0.4, -0.2) is 11.1 Å². The minimum atomic E-state index is -0.665. The second-order valence-electron chi connectivity index (χ2n) is 7.78. The largest absolute Gasteiger partial charge is 0.481 e. The Balaban J connectivity index is 1.73. The Labute approximate surface area is 161 Å². The van der Waals surface area contributed by atoms with Gasteiger partial charge in [-0.3, -0.25) is 4.79 Å². The fraction of sp³-hybridized carbons (Fsp3) is 0.792. The molecule has 1 unspecified atom stereocenters. The number of hydrogen-bond acceptors (Lipinski definition) is 1. The van der Waals surface area contributed by atoms with Crippen molar-refractivity contribution in [3.8, 4) is 11.8 Å². The standard InChI is InChI=1S/C24H40O2/c25-24(26)22-18-13-11-9-7-5-3-1-2-4-6-8-10-12-15-19-23-20-16-14-17-21-23/h1,3,23H,2,4-16,18-20,22H2,(H,25,26)/b3-1-. The molecule has 148 valence electrons. The third-order valence-corrected chi connectivity index (χ3v) is 5.26. The van der Waals surface area contributed by atoms with Crippen molar-refractivity contribution in [1.82, 2.24) is 0 Å². The highest BCUT2D eigenvalue weighted by molar-refractivity contribution is 5.66. The summed E-state index contributed by atoms with van der Waals surface area (Å²) in [5.74, 6) is 6.71. The van der Waals surface area contributed by atoms with Gasteiger partial charge in [-0.05, 0) is 51.4 Å². The molecule has 0 spiro atoms. The van der Waals surface area contributed by atoms with Gasteiger partial charge in [0.05, 0.1) is 0 Å². The van der Waals surface area contributed by atoms with Gasteiger partial charge in [-0.1, -0.05) is 69.4 Å². The summed E-state index contributed by atoms with van der Waals surface area (Å²) in [6, 6.07) is 0. The molecule has 0 aliphatic heterocycles. The second kappa shape index (κ2) is 17.2. The van der Waals surface area contributed by atoms with Gasteiger partial charge in [-0.2, -0.15) is 0 Å². The molecule has 0 saturated carbocycles. The zero-order chi connectivity index (χ0) is 18.7. The van der Waals surface area contributed by atoms with E-state index < -0.39 is 5.97 Å². The van der Waals surface area contributed by atoms with Crippen molar-refractivity contribution in [3.05, 3.63) is 12.2 Å². The van der Waals surface area contributed by atoms with E-state index in [1.165, 1.54) is 89.9 Å². The highest BCUT2D eigenvalue weighted by Crippen LogP contribution is 2.19. The molecule has 0 aromatic rings. The fourth-order valence-electron chi connectivity index (χ4n) is 3.61. The lowest BCUT2D eigenvalue weighted by atomic mass is 9.92. The summed E-state index contributed by atoms with van der Waals surface area (Å²) >= 11 is 0. The zero-order valence-electron chi connectivity index (χ0n) is 16.8. The fourth-order valence-corrected chi connectivity index (χ4v) is 3.61. The van der Waals surface area contributed by atoms with Crippen LogP contribution in [0.1, 0.15) is 116 Å². The Hall–Kier alpha value is -1.23. The molecule has 0 aromatic heterocycles. The van der Waals surface area contributed by atoms with Crippen molar-refractivity contribution < 1.29 is 9.90 Å². The molecule has 1 atom stereocenters. The summed E-state index contributed by atoms with van der Waals surface area (Å²) in [7, 11) is 0. The van der Waals surface area contributed by atoms with Crippen LogP contribution >= 0.6 is 0 Å². The molecular formula is C24H40O2. The molecule has 1 N–H and O–H groups in total. The predicted molar refractivity (Wildman–Crippen MR) is 111 cm³/mol. The molecule has 0 radical (unpaired) electrons. The van der Waals surface area contributed by atoms with Gasteiger partial charge in [0, 0.05) is 18.8 Å². The zero-order valence-corrected chi connectivity index (χ0v) is 16.8. The molecule has 26 heavy (non-hydrogen) atoms. The quantitative estimate of drug-likeness (QED) is 0.168. The van der Waals surface area contributed by atoms with E-state index >= 15 is 0 Å². The topological polar surface area (TPSA) is 37.3 Å². The first kappa shape index (κ1) is 22.8. The molecule has 1 rings (SSSR count). The van der Waals surface area contributed by atoms with Gasteiger partial charge < -0.3 is 5.11 Å². The first-order valence-electron chi connectivity index (χ1n) is 11.1. The van der Waals surface area contributed by atoms with Crippen molar-refractivity contribution in [2.24, 2.45) is 5.92 Å². The van der Waals surface area contributed by atoms with Crippen LogP contribution in [0.2, 0.25) is 0 Å². The van der Waals surface area contributed by atoms with E-state index in [1.54, 1.807) is 0 Å². The van der Waals surface area contributed by atoms with E-state index in [-0.39, 0.29) is 0 Å². The molecule has 0 aromatic carbocycles. The van der Waals surface area contributed by atoms with E-state index in [1.807, 2.05) is 0 Å². The number of hydrogen-bond donors (Lipinski definition) is 1. The van der Waals surface area contributed by atoms with Gasteiger partial charge in [-0.25, -0.2) is 0 Å². The van der Waals surface area contributed by atoms with Crippen molar-refractivity contribution in [2.75, 3.05) is 0 Å². The van der Waals surface area contributed by atoms with E-state index in [4.69, 9.17) is 5.11 Å². The van der Waals surface area contributed by atoms with Gasteiger partial charge in [-0.15, -0.1) is 5.92 Å². The van der Waals surface area contributed by atoms with Crippen molar-refractivity contribution in [2.45, 2.75) is 116 Å². The Morgan fingerprint density at radius 3 is 2.00 bits per heavy atom. The maximum absolute atomic E-state index is 10.4. The average Bonchev–Trinajstić information content (AvgIpc) is 2.65. The molecule has 0 saturated heterocycles. The van der Waals surface area contributed by atoms with Crippen molar-refractivity contribution >= 4 is 5.97 Å². The Kier molecular flexibility index (Phi) is 15.1. The SMILES string of the molecule is O=C(O)CCCCCCC/C=C\CCCCCCCCC1C#CCCC1. The molecule has 0 bridgehead atoms. The number of aliphatic carboxylic acids is 1. The number of unbranched alkanes of at least 4 members (excludes halogenated alkanes) is 11. The predicted octanol–water partition coefficient (Wildman–Crippen LogP) is 7.28. The van der Waals surface area contributed by atoms with Crippen molar-refractivity contribution in [3.63, 3.8) is 0 Å². The van der Waals surface area contributed by atoms with E-state index in [0.717, 1.165) is 19.3 Å². The lowest BCUT2D eigenvalue weighted by Crippen LogP contribution is -2.00. The van der Waals surface area contributed by atoms with E-state index in [2.05, 4.69) is 24.0 Å². The summed E-state index contributed by atoms with van der Waals surface area (Å²) in [5.41, 5.74) is 0. The van der Waals surface area contributed by atoms with Crippen molar-refractivity contribution in [1.29, 1.82) is 0 Å². The lowest BCUT2D eigenvalue weighted by Gasteiger charge is -2.12. The summed E-state index contributed by atoms with van der Waals surface area (Å²) in [5, 5.41) is 8.56. The molecule has 0 heterocycles. The van der Waals surface area contributed by atoms with Gasteiger partial charge in [0.25, 0.3) is 0 Å². The first-order valence-corrected chi connectivity index (χ1v) is 11.1. The Morgan fingerprint density at radius 1 is 0.846 bits per heavy atom. The Morgan fingerprint density at radius 2 is 1.42 bits per heavy atom. The van der Waals surface area contributed by atoms with E-state index in [9.17, 15) is 4.79 Å². The van der Waals surface area contributed by atoms with Gasteiger partial charge in [0.15, 0.2) is 0 Å². The van der Waals surface area contributed by atoms with Gasteiger partial charge >= 0.3 is 5.97 Å². The van der Waals surface area contributed by atoms with E-state index in [0.29, 0.717) is 12.3 Å². The highest BCUT2D eigenvalue weighted by Gasteiger charge is 2.07. The molecule has 0 amide bonds. The van der Waals surface area contributed by atoms with Crippen LogP contribution < -0.4 is 0 Å². The third kappa shape index (κ3) is 15.1. The minimum Gasteiger partial charge on any atom is -0.481 e. The molecule has 2 heteroatoms. The number of carboxylic acids is 1. The maximum atomic E-state index is 10.4.